The number of halogens is 2. The van der Waals surface area contributed by atoms with Crippen LogP contribution in [-0.2, 0) is 12.8 Å². The normalized spacial score (nSPS) is 17.3. The van der Waals surface area contributed by atoms with Crippen molar-refractivity contribution in [3.63, 3.8) is 0 Å². The fourth-order valence-corrected chi connectivity index (χ4v) is 4.72. The molecule has 4 nitrogen and oxygen atoms in total. The molecule has 0 amide bonds. The maximum atomic E-state index is 9.87. The summed E-state index contributed by atoms with van der Waals surface area (Å²) in [4.78, 5) is 0. The van der Waals surface area contributed by atoms with E-state index < -0.39 is 0 Å². The number of hydrogen-bond acceptors (Lipinski definition) is 4. The molecule has 3 rings (SSSR count). The van der Waals surface area contributed by atoms with Crippen molar-refractivity contribution in [2.75, 3.05) is 6.54 Å². The molecule has 0 spiro atoms. The van der Waals surface area contributed by atoms with Crippen molar-refractivity contribution < 1.29 is 15.3 Å². The molecule has 2 aromatic rings. The number of benzene rings is 2. The Hall–Kier alpha value is -0.740. The second kappa shape index (κ2) is 6.40. The van der Waals surface area contributed by atoms with Gasteiger partial charge < -0.3 is 20.6 Å². The Bertz CT molecular complexity index is 711. The number of phenols is 3. The Balaban J connectivity index is 1.94. The molecule has 22 heavy (non-hydrogen) atoms. The van der Waals surface area contributed by atoms with Crippen LogP contribution in [0.25, 0.3) is 0 Å². The van der Waals surface area contributed by atoms with E-state index in [4.69, 9.17) is 0 Å². The predicted octanol–water partition coefficient (Wildman–Crippen LogP) is 3.44. The first kappa shape index (κ1) is 16.1. The van der Waals surface area contributed by atoms with Crippen molar-refractivity contribution in [1.29, 1.82) is 0 Å². The SMILES string of the molecule is Oc1cc2c(cc1O)C(Cc1cc(I)c(O)c(I)c1)NCC2. The van der Waals surface area contributed by atoms with Crippen molar-refractivity contribution >= 4 is 45.2 Å². The van der Waals surface area contributed by atoms with Gasteiger partial charge in [0.2, 0.25) is 0 Å². The maximum Gasteiger partial charge on any atom is 0.157 e. The largest absolute Gasteiger partial charge is 0.506 e. The first-order valence-electron chi connectivity index (χ1n) is 6.90. The highest BCUT2D eigenvalue weighted by atomic mass is 127. The summed E-state index contributed by atoms with van der Waals surface area (Å²) in [6.45, 7) is 0.841. The summed E-state index contributed by atoms with van der Waals surface area (Å²) in [5, 5.41) is 32.8. The predicted molar refractivity (Wildman–Crippen MR) is 101 cm³/mol. The zero-order chi connectivity index (χ0) is 15.9. The standard InChI is InChI=1S/C16H15I2NO3/c17-11-3-8(4-12(18)16(11)22)5-13-10-7-15(21)14(20)6-9(10)1-2-19-13/h3-4,6-7,13,19-22H,1-2,5H2. The van der Waals surface area contributed by atoms with Crippen LogP contribution in [0, 0.1) is 7.14 Å². The van der Waals surface area contributed by atoms with E-state index in [1.165, 1.54) is 0 Å². The van der Waals surface area contributed by atoms with Gasteiger partial charge in [0.1, 0.15) is 5.75 Å². The van der Waals surface area contributed by atoms with Crippen LogP contribution in [0.5, 0.6) is 17.2 Å². The van der Waals surface area contributed by atoms with Gasteiger partial charge in [-0.2, -0.15) is 0 Å². The molecular weight excluding hydrogens is 508 g/mol. The van der Waals surface area contributed by atoms with E-state index in [0.717, 1.165) is 43.2 Å². The fourth-order valence-electron chi connectivity index (χ4n) is 2.82. The van der Waals surface area contributed by atoms with Crippen LogP contribution in [0.3, 0.4) is 0 Å². The molecule has 0 radical (unpaired) electrons. The second-order valence-electron chi connectivity index (χ2n) is 5.41. The zero-order valence-corrected chi connectivity index (χ0v) is 15.9. The van der Waals surface area contributed by atoms with Crippen LogP contribution in [0.4, 0.5) is 0 Å². The first-order chi connectivity index (χ1) is 10.5. The van der Waals surface area contributed by atoms with E-state index in [2.05, 4.69) is 50.5 Å². The van der Waals surface area contributed by atoms with Gasteiger partial charge in [0, 0.05) is 6.04 Å². The lowest BCUT2D eigenvalue weighted by atomic mass is 9.90. The topological polar surface area (TPSA) is 72.7 Å². The zero-order valence-electron chi connectivity index (χ0n) is 11.6. The highest BCUT2D eigenvalue weighted by Crippen LogP contribution is 2.36. The highest BCUT2D eigenvalue weighted by Gasteiger charge is 2.22. The number of fused-ring (bicyclic) bond motifs is 1. The van der Waals surface area contributed by atoms with E-state index in [9.17, 15) is 15.3 Å². The first-order valence-corrected chi connectivity index (χ1v) is 9.06. The third-order valence-electron chi connectivity index (χ3n) is 3.91. The van der Waals surface area contributed by atoms with Gasteiger partial charge in [-0.25, -0.2) is 0 Å². The van der Waals surface area contributed by atoms with Gasteiger partial charge in [0.25, 0.3) is 0 Å². The minimum absolute atomic E-state index is 0.0619. The van der Waals surface area contributed by atoms with E-state index in [0.29, 0.717) is 5.75 Å². The van der Waals surface area contributed by atoms with Gasteiger partial charge in [-0.15, -0.1) is 0 Å². The van der Waals surface area contributed by atoms with Crippen molar-refractivity contribution in [2.24, 2.45) is 0 Å². The Morgan fingerprint density at radius 2 is 1.64 bits per heavy atom. The van der Waals surface area contributed by atoms with E-state index in [1.807, 2.05) is 12.1 Å². The number of hydrogen-bond donors (Lipinski definition) is 4. The summed E-state index contributed by atoms with van der Waals surface area (Å²) in [6.07, 6.45) is 1.60. The summed E-state index contributed by atoms with van der Waals surface area (Å²) in [7, 11) is 0. The van der Waals surface area contributed by atoms with Gasteiger partial charge in [-0.1, -0.05) is 0 Å². The van der Waals surface area contributed by atoms with Crippen LogP contribution in [-0.4, -0.2) is 21.9 Å². The molecule has 0 aliphatic carbocycles. The van der Waals surface area contributed by atoms with Crippen LogP contribution < -0.4 is 5.32 Å². The Morgan fingerprint density at radius 1 is 1.00 bits per heavy atom. The average molecular weight is 523 g/mol. The fraction of sp³-hybridized carbons (Fsp3) is 0.250. The lowest BCUT2D eigenvalue weighted by molar-refractivity contribution is 0.398. The van der Waals surface area contributed by atoms with Crippen molar-refractivity contribution in [3.8, 4) is 17.2 Å². The molecule has 0 saturated heterocycles. The van der Waals surface area contributed by atoms with Gasteiger partial charge in [0.05, 0.1) is 7.14 Å². The maximum absolute atomic E-state index is 9.87. The molecule has 1 unspecified atom stereocenters. The molecule has 1 heterocycles. The minimum atomic E-state index is -0.0812. The van der Waals surface area contributed by atoms with Crippen molar-refractivity contribution in [1.82, 2.24) is 5.32 Å². The smallest absolute Gasteiger partial charge is 0.157 e. The Morgan fingerprint density at radius 3 is 2.32 bits per heavy atom. The summed E-state index contributed by atoms with van der Waals surface area (Å²) in [6, 6.07) is 7.36. The molecule has 0 fully saturated rings. The third kappa shape index (κ3) is 3.13. The lowest BCUT2D eigenvalue weighted by Gasteiger charge is -2.27. The summed E-state index contributed by atoms with van der Waals surface area (Å²) in [5.41, 5.74) is 3.23. The van der Waals surface area contributed by atoms with E-state index in [1.54, 1.807) is 12.1 Å². The van der Waals surface area contributed by atoms with E-state index >= 15 is 0 Å². The number of nitrogens with one attached hydrogen (secondary N) is 1. The molecule has 116 valence electrons. The van der Waals surface area contributed by atoms with Gasteiger partial charge in [-0.3, -0.25) is 0 Å². The molecule has 0 aromatic heterocycles. The molecule has 6 heteroatoms. The molecular formula is C16H15I2NO3. The van der Waals surface area contributed by atoms with Gasteiger partial charge in [-0.05, 0) is 106 Å². The highest BCUT2D eigenvalue weighted by molar-refractivity contribution is 14.1. The quantitative estimate of drug-likeness (QED) is 0.360. The Kier molecular flexibility index (Phi) is 4.69. The summed E-state index contributed by atoms with van der Waals surface area (Å²) in [5.74, 6) is 0.181. The minimum Gasteiger partial charge on any atom is -0.506 e. The van der Waals surface area contributed by atoms with E-state index in [-0.39, 0.29) is 17.5 Å². The van der Waals surface area contributed by atoms with Crippen LogP contribution in [0.2, 0.25) is 0 Å². The van der Waals surface area contributed by atoms with Gasteiger partial charge in [0.15, 0.2) is 11.5 Å². The second-order valence-corrected chi connectivity index (χ2v) is 7.73. The van der Waals surface area contributed by atoms with Crippen LogP contribution >= 0.6 is 45.2 Å². The molecule has 1 atom stereocenters. The number of aromatic hydroxyl groups is 3. The number of rotatable bonds is 2. The monoisotopic (exact) mass is 523 g/mol. The molecule has 1 aliphatic heterocycles. The molecule has 4 N–H and O–H groups in total. The van der Waals surface area contributed by atoms with Crippen LogP contribution in [0.15, 0.2) is 24.3 Å². The van der Waals surface area contributed by atoms with Gasteiger partial charge >= 0.3 is 0 Å². The average Bonchev–Trinajstić information content (AvgIpc) is 2.47. The molecule has 0 saturated carbocycles. The summed E-state index contributed by atoms with van der Waals surface area (Å²) < 4.78 is 1.67. The Labute approximate surface area is 155 Å². The third-order valence-corrected chi connectivity index (χ3v) is 5.56. The summed E-state index contributed by atoms with van der Waals surface area (Å²) >= 11 is 4.26. The molecule has 1 aliphatic rings. The number of phenolic OH excluding ortho intramolecular Hbond substituents is 3. The van der Waals surface area contributed by atoms with Crippen molar-refractivity contribution in [2.45, 2.75) is 18.9 Å². The lowest BCUT2D eigenvalue weighted by Crippen LogP contribution is -2.31. The molecule has 0 bridgehead atoms. The van der Waals surface area contributed by atoms with Crippen molar-refractivity contribution in [3.05, 3.63) is 48.1 Å². The van der Waals surface area contributed by atoms with Crippen LogP contribution in [0.1, 0.15) is 22.7 Å². The molecule has 2 aromatic carbocycles.